The fourth-order valence-corrected chi connectivity index (χ4v) is 3.25. The molecule has 2 aromatic carbocycles. The zero-order valence-electron chi connectivity index (χ0n) is 13.3. The van der Waals surface area contributed by atoms with Gasteiger partial charge in [0.25, 0.3) is 0 Å². The minimum atomic E-state index is 0.0188. The van der Waals surface area contributed by atoms with Crippen LogP contribution in [0.1, 0.15) is 5.56 Å². The summed E-state index contributed by atoms with van der Waals surface area (Å²) in [4.78, 5) is 0. The van der Waals surface area contributed by atoms with Gasteiger partial charge < -0.3 is 9.67 Å². The van der Waals surface area contributed by atoms with Crippen molar-refractivity contribution in [3.8, 4) is 28.8 Å². The molecule has 0 aliphatic rings. The number of nitriles is 1. The Morgan fingerprint density at radius 3 is 2.68 bits per heavy atom. The Balaban J connectivity index is 2.15. The number of aryl methyl sites for hydroxylation is 1. The van der Waals surface area contributed by atoms with Crippen molar-refractivity contribution in [3.63, 3.8) is 0 Å². The van der Waals surface area contributed by atoms with Crippen LogP contribution >= 0.6 is 11.6 Å². The Kier molecular flexibility index (Phi) is 3.48. The van der Waals surface area contributed by atoms with Crippen LogP contribution < -0.4 is 0 Å². The molecule has 5 nitrogen and oxygen atoms in total. The Hall–Kier alpha value is -3.23. The van der Waals surface area contributed by atoms with Crippen LogP contribution in [0.25, 0.3) is 27.8 Å². The van der Waals surface area contributed by atoms with Crippen LogP contribution in [0.2, 0.25) is 5.02 Å². The molecule has 0 spiro atoms. The maximum atomic E-state index is 9.79. The SMILES string of the molecule is Cn1cc(-c2c(C#N)c3ccccc3n2-c2ccc(O)c(Cl)c2)cn1. The molecule has 2 aromatic heterocycles. The Labute approximate surface area is 148 Å². The first-order valence-corrected chi connectivity index (χ1v) is 7.99. The standard InChI is InChI=1S/C19H13ClN4O/c1-23-11-12(10-22-23)19-15(9-21)14-4-2-3-5-17(14)24(19)13-6-7-18(25)16(20)8-13/h2-8,10-11,25H,1H3. The Morgan fingerprint density at radius 1 is 1.20 bits per heavy atom. The highest BCUT2D eigenvalue weighted by molar-refractivity contribution is 6.32. The van der Waals surface area contributed by atoms with Crippen molar-refractivity contribution >= 4 is 22.5 Å². The molecule has 0 bridgehead atoms. The summed E-state index contributed by atoms with van der Waals surface area (Å²) >= 11 is 6.11. The van der Waals surface area contributed by atoms with E-state index in [1.807, 2.05) is 42.1 Å². The summed E-state index contributed by atoms with van der Waals surface area (Å²) in [6.07, 6.45) is 3.60. The number of para-hydroxylation sites is 1. The number of benzene rings is 2. The van der Waals surface area contributed by atoms with Gasteiger partial charge in [-0.1, -0.05) is 29.8 Å². The largest absolute Gasteiger partial charge is 0.506 e. The molecule has 2 heterocycles. The van der Waals surface area contributed by atoms with Gasteiger partial charge in [-0.25, -0.2) is 0 Å². The molecule has 122 valence electrons. The number of nitrogens with zero attached hydrogens (tertiary/aromatic N) is 4. The monoisotopic (exact) mass is 348 g/mol. The number of halogens is 1. The maximum Gasteiger partial charge on any atom is 0.134 e. The number of phenols is 1. The van der Waals surface area contributed by atoms with E-state index in [9.17, 15) is 10.4 Å². The van der Waals surface area contributed by atoms with Crippen LogP contribution in [0, 0.1) is 11.3 Å². The summed E-state index contributed by atoms with van der Waals surface area (Å²) in [5.41, 5.74) is 3.81. The molecule has 0 saturated carbocycles. The third-order valence-electron chi connectivity index (χ3n) is 4.15. The van der Waals surface area contributed by atoms with Crippen LogP contribution in [-0.4, -0.2) is 19.5 Å². The normalized spacial score (nSPS) is 10.9. The van der Waals surface area contributed by atoms with E-state index in [1.54, 1.807) is 29.1 Å². The minimum Gasteiger partial charge on any atom is -0.506 e. The highest BCUT2D eigenvalue weighted by Gasteiger charge is 2.21. The number of hydrogen-bond donors (Lipinski definition) is 1. The van der Waals surface area contributed by atoms with Crippen molar-refractivity contribution in [1.82, 2.24) is 14.3 Å². The van der Waals surface area contributed by atoms with E-state index in [0.717, 1.165) is 27.8 Å². The van der Waals surface area contributed by atoms with E-state index in [4.69, 9.17) is 11.6 Å². The topological polar surface area (TPSA) is 66.8 Å². The first kappa shape index (κ1) is 15.3. The van der Waals surface area contributed by atoms with E-state index in [2.05, 4.69) is 11.2 Å². The van der Waals surface area contributed by atoms with E-state index >= 15 is 0 Å². The highest BCUT2D eigenvalue weighted by Crippen LogP contribution is 2.37. The Morgan fingerprint density at radius 2 is 2.00 bits per heavy atom. The van der Waals surface area contributed by atoms with Crippen LogP contribution in [0.5, 0.6) is 5.75 Å². The van der Waals surface area contributed by atoms with E-state index in [0.29, 0.717) is 5.56 Å². The molecule has 4 rings (SSSR count). The smallest absolute Gasteiger partial charge is 0.134 e. The second-order valence-electron chi connectivity index (χ2n) is 5.73. The number of phenolic OH excluding ortho intramolecular Hbond substituents is 1. The first-order valence-electron chi connectivity index (χ1n) is 7.61. The number of rotatable bonds is 2. The lowest BCUT2D eigenvalue weighted by Crippen LogP contribution is -1.97. The predicted molar refractivity (Wildman–Crippen MR) is 96.9 cm³/mol. The summed E-state index contributed by atoms with van der Waals surface area (Å²) in [5, 5.41) is 24.9. The van der Waals surface area contributed by atoms with Crippen molar-refractivity contribution in [1.29, 1.82) is 5.26 Å². The van der Waals surface area contributed by atoms with Gasteiger partial charge in [-0.15, -0.1) is 0 Å². The van der Waals surface area contributed by atoms with Crippen molar-refractivity contribution in [3.05, 3.63) is 65.4 Å². The molecule has 1 N–H and O–H groups in total. The number of aromatic hydroxyl groups is 1. The molecule has 0 fully saturated rings. The molecular formula is C19H13ClN4O. The van der Waals surface area contributed by atoms with Gasteiger partial charge in [0.1, 0.15) is 11.8 Å². The summed E-state index contributed by atoms with van der Waals surface area (Å²) in [7, 11) is 1.83. The lowest BCUT2D eigenvalue weighted by molar-refractivity contribution is 0.475. The lowest BCUT2D eigenvalue weighted by atomic mass is 10.1. The summed E-state index contributed by atoms with van der Waals surface area (Å²) in [5.74, 6) is 0.0188. The molecule has 4 aromatic rings. The van der Waals surface area contributed by atoms with Crippen LogP contribution in [0.3, 0.4) is 0 Å². The quantitative estimate of drug-likeness (QED) is 0.588. The molecule has 0 unspecified atom stereocenters. The summed E-state index contributed by atoms with van der Waals surface area (Å²) in [6, 6.07) is 15.0. The average molecular weight is 349 g/mol. The Bertz CT molecular complexity index is 1150. The third-order valence-corrected chi connectivity index (χ3v) is 4.46. The van der Waals surface area contributed by atoms with Crippen LogP contribution in [0.4, 0.5) is 0 Å². The fraction of sp³-hybridized carbons (Fsp3) is 0.0526. The predicted octanol–water partition coefficient (Wildman–Crippen LogP) is 4.26. The molecule has 0 atom stereocenters. The van der Waals surface area contributed by atoms with Crippen molar-refractivity contribution in [2.45, 2.75) is 0 Å². The molecule has 6 heteroatoms. The third kappa shape index (κ3) is 2.35. The number of hydrogen-bond acceptors (Lipinski definition) is 3. The van der Waals surface area contributed by atoms with E-state index in [1.165, 1.54) is 0 Å². The van der Waals surface area contributed by atoms with Crippen LogP contribution in [-0.2, 0) is 7.05 Å². The molecule has 0 saturated heterocycles. The second-order valence-corrected chi connectivity index (χ2v) is 6.13. The lowest BCUT2D eigenvalue weighted by Gasteiger charge is -2.11. The summed E-state index contributed by atoms with van der Waals surface area (Å²) < 4.78 is 3.67. The van der Waals surface area contributed by atoms with Gasteiger partial charge in [0.05, 0.1) is 28.0 Å². The molecule has 0 aliphatic carbocycles. The van der Waals surface area contributed by atoms with Gasteiger partial charge in [-0.3, -0.25) is 4.68 Å². The van der Waals surface area contributed by atoms with Gasteiger partial charge in [0.15, 0.2) is 0 Å². The minimum absolute atomic E-state index is 0.0188. The van der Waals surface area contributed by atoms with Crippen molar-refractivity contribution in [2.75, 3.05) is 0 Å². The second kappa shape index (κ2) is 5.69. The number of aromatic nitrogens is 3. The van der Waals surface area contributed by atoms with Crippen molar-refractivity contribution in [2.24, 2.45) is 7.05 Å². The maximum absolute atomic E-state index is 9.79. The van der Waals surface area contributed by atoms with E-state index in [-0.39, 0.29) is 10.8 Å². The first-order chi connectivity index (χ1) is 12.1. The molecule has 25 heavy (non-hydrogen) atoms. The summed E-state index contributed by atoms with van der Waals surface area (Å²) in [6.45, 7) is 0. The molecule has 0 aliphatic heterocycles. The van der Waals surface area contributed by atoms with Gasteiger partial charge in [-0.05, 0) is 24.3 Å². The molecular weight excluding hydrogens is 336 g/mol. The molecule has 0 amide bonds. The number of fused-ring (bicyclic) bond motifs is 1. The van der Waals surface area contributed by atoms with Crippen molar-refractivity contribution < 1.29 is 5.11 Å². The van der Waals surface area contributed by atoms with Crippen LogP contribution in [0.15, 0.2) is 54.9 Å². The molecule has 0 radical (unpaired) electrons. The van der Waals surface area contributed by atoms with Gasteiger partial charge >= 0.3 is 0 Å². The van der Waals surface area contributed by atoms with E-state index < -0.39 is 0 Å². The zero-order chi connectivity index (χ0) is 17.6. The fourth-order valence-electron chi connectivity index (χ4n) is 3.07. The highest BCUT2D eigenvalue weighted by atomic mass is 35.5. The zero-order valence-corrected chi connectivity index (χ0v) is 14.1. The average Bonchev–Trinajstić information content (AvgIpc) is 3.18. The van der Waals surface area contributed by atoms with Gasteiger partial charge in [0, 0.05) is 29.9 Å². The van der Waals surface area contributed by atoms with Gasteiger partial charge in [-0.2, -0.15) is 10.4 Å². The van der Waals surface area contributed by atoms with Gasteiger partial charge in [0.2, 0.25) is 0 Å².